The molecule has 2 atom stereocenters. The van der Waals surface area contributed by atoms with Crippen LogP contribution in [0.1, 0.15) is 26.2 Å². The lowest BCUT2D eigenvalue weighted by Gasteiger charge is -2.24. The van der Waals surface area contributed by atoms with E-state index in [4.69, 9.17) is 4.74 Å². The number of hydrogen-bond acceptors (Lipinski definition) is 3. The molecule has 2 unspecified atom stereocenters. The molecular formula is C11H20N2O2. The van der Waals surface area contributed by atoms with Crippen LogP contribution in [-0.2, 0) is 9.53 Å². The minimum Gasteiger partial charge on any atom is -0.378 e. The van der Waals surface area contributed by atoms with Crippen molar-refractivity contribution in [3.8, 4) is 0 Å². The first-order chi connectivity index (χ1) is 7.25. The number of hydrogen-bond donors (Lipinski definition) is 2. The third-order valence-electron chi connectivity index (χ3n) is 3.15. The third-order valence-corrected chi connectivity index (χ3v) is 3.15. The van der Waals surface area contributed by atoms with Crippen molar-refractivity contribution >= 4 is 5.91 Å². The van der Waals surface area contributed by atoms with E-state index in [9.17, 15) is 4.79 Å². The molecule has 0 aromatic carbocycles. The van der Waals surface area contributed by atoms with Gasteiger partial charge in [0, 0.05) is 25.0 Å². The van der Waals surface area contributed by atoms with E-state index in [0.717, 1.165) is 19.1 Å². The van der Waals surface area contributed by atoms with Gasteiger partial charge in [-0.2, -0.15) is 0 Å². The van der Waals surface area contributed by atoms with Crippen molar-refractivity contribution in [1.82, 2.24) is 10.6 Å². The van der Waals surface area contributed by atoms with Crippen molar-refractivity contribution in [3.63, 3.8) is 0 Å². The Morgan fingerprint density at radius 1 is 1.60 bits per heavy atom. The summed E-state index contributed by atoms with van der Waals surface area (Å²) in [5.74, 6) is 0.877. The molecule has 4 nitrogen and oxygen atoms in total. The topological polar surface area (TPSA) is 50.4 Å². The molecule has 2 fully saturated rings. The predicted molar refractivity (Wildman–Crippen MR) is 57.6 cm³/mol. The van der Waals surface area contributed by atoms with Gasteiger partial charge in [-0.1, -0.05) is 0 Å². The van der Waals surface area contributed by atoms with E-state index < -0.39 is 0 Å². The van der Waals surface area contributed by atoms with Gasteiger partial charge in [0.15, 0.2) is 0 Å². The molecule has 2 aliphatic rings. The van der Waals surface area contributed by atoms with Gasteiger partial charge in [-0.3, -0.25) is 4.79 Å². The average molecular weight is 212 g/mol. The zero-order chi connectivity index (χ0) is 10.7. The molecule has 1 saturated heterocycles. The van der Waals surface area contributed by atoms with E-state index in [1.54, 1.807) is 0 Å². The lowest BCUT2D eigenvalue weighted by Crippen LogP contribution is -2.45. The Morgan fingerprint density at radius 3 is 3.00 bits per heavy atom. The van der Waals surface area contributed by atoms with Gasteiger partial charge >= 0.3 is 0 Å². The van der Waals surface area contributed by atoms with Gasteiger partial charge in [-0.25, -0.2) is 0 Å². The molecule has 1 aliphatic carbocycles. The fraction of sp³-hybridized carbons (Fsp3) is 0.909. The molecule has 0 radical (unpaired) electrons. The third kappa shape index (κ3) is 3.47. The van der Waals surface area contributed by atoms with Crippen LogP contribution < -0.4 is 10.6 Å². The summed E-state index contributed by atoms with van der Waals surface area (Å²) in [5, 5.41) is 6.34. The standard InChI is InChI=1S/C11H20N2O2/c1-8(9-2-3-9)13-11(14)6-10-7-15-5-4-12-10/h8-10,12H,2-7H2,1H3,(H,13,14). The van der Waals surface area contributed by atoms with Gasteiger partial charge in [-0.15, -0.1) is 0 Å². The molecule has 15 heavy (non-hydrogen) atoms. The van der Waals surface area contributed by atoms with Gasteiger partial charge in [0.2, 0.25) is 5.91 Å². The summed E-state index contributed by atoms with van der Waals surface area (Å²) in [7, 11) is 0. The zero-order valence-corrected chi connectivity index (χ0v) is 9.29. The zero-order valence-electron chi connectivity index (χ0n) is 9.29. The van der Waals surface area contributed by atoms with Crippen molar-refractivity contribution in [2.24, 2.45) is 5.92 Å². The molecule has 86 valence electrons. The molecule has 1 aliphatic heterocycles. The molecule has 0 bridgehead atoms. The summed E-state index contributed by atoms with van der Waals surface area (Å²) >= 11 is 0. The molecule has 2 rings (SSSR count). The summed E-state index contributed by atoms with van der Waals surface area (Å²) in [5.41, 5.74) is 0. The molecule has 0 aromatic heterocycles. The van der Waals surface area contributed by atoms with Gasteiger partial charge < -0.3 is 15.4 Å². The molecule has 2 N–H and O–H groups in total. The van der Waals surface area contributed by atoms with Gasteiger partial charge in [0.25, 0.3) is 0 Å². The summed E-state index contributed by atoms with van der Waals surface area (Å²) in [6.45, 7) is 4.37. The highest BCUT2D eigenvalue weighted by Gasteiger charge is 2.29. The predicted octanol–water partition coefficient (Wildman–Crippen LogP) is 0.280. The van der Waals surface area contributed by atoms with Crippen LogP contribution in [0.3, 0.4) is 0 Å². The van der Waals surface area contributed by atoms with Crippen LogP contribution in [-0.4, -0.2) is 37.7 Å². The first kappa shape index (κ1) is 10.9. The summed E-state index contributed by atoms with van der Waals surface area (Å²) in [6, 6.07) is 0.548. The Labute approximate surface area is 90.8 Å². The number of morpholine rings is 1. The van der Waals surface area contributed by atoms with Crippen LogP contribution in [0.2, 0.25) is 0 Å². The second-order valence-electron chi connectivity index (χ2n) is 4.62. The Balaban J connectivity index is 1.66. The minimum atomic E-state index is 0.150. The van der Waals surface area contributed by atoms with Crippen LogP contribution in [0.4, 0.5) is 0 Å². The highest BCUT2D eigenvalue weighted by Crippen LogP contribution is 2.32. The number of carbonyl (C=O) groups is 1. The first-order valence-electron chi connectivity index (χ1n) is 5.86. The van der Waals surface area contributed by atoms with Gasteiger partial charge in [-0.05, 0) is 25.7 Å². The maximum absolute atomic E-state index is 11.6. The van der Waals surface area contributed by atoms with Crippen LogP contribution in [0.15, 0.2) is 0 Å². The molecular weight excluding hydrogens is 192 g/mol. The van der Waals surface area contributed by atoms with Crippen LogP contribution in [0.5, 0.6) is 0 Å². The van der Waals surface area contributed by atoms with E-state index in [2.05, 4.69) is 17.6 Å². The number of rotatable bonds is 4. The lowest BCUT2D eigenvalue weighted by molar-refractivity contribution is -0.123. The molecule has 1 heterocycles. The smallest absolute Gasteiger partial charge is 0.221 e. The maximum atomic E-state index is 11.6. The Bertz CT molecular complexity index is 223. The van der Waals surface area contributed by atoms with E-state index in [1.165, 1.54) is 12.8 Å². The molecule has 0 aromatic rings. The van der Waals surface area contributed by atoms with Crippen molar-refractivity contribution < 1.29 is 9.53 Å². The number of amides is 1. The van der Waals surface area contributed by atoms with Crippen molar-refractivity contribution in [2.75, 3.05) is 19.8 Å². The number of nitrogens with one attached hydrogen (secondary N) is 2. The Morgan fingerprint density at radius 2 is 2.40 bits per heavy atom. The maximum Gasteiger partial charge on any atom is 0.221 e. The lowest BCUT2D eigenvalue weighted by atomic mass is 10.1. The first-order valence-corrected chi connectivity index (χ1v) is 5.86. The van der Waals surface area contributed by atoms with Crippen molar-refractivity contribution in [1.29, 1.82) is 0 Å². The number of ether oxygens (including phenoxy) is 1. The van der Waals surface area contributed by atoms with Crippen LogP contribution in [0.25, 0.3) is 0 Å². The highest BCUT2D eigenvalue weighted by atomic mass is 16.5. The molecule has 1 saturated carbocycles. The minimum absolute atomic E-state index is 0.150. The van der Waals surface area contributed by atoms with Crippen LogP contribution >= 0.6 is 0 Å². The summed E-state index contributed by atoms with van der Waals surface area (Å²) in [6.07, 6.45) is 3.08. The number of carbonyl (C=O) groups excluding carboxylic acids is 1. The van der Waals surface area contributed by atoms with Crippen LogP contribution in [0, 0.1) is 5.92 Å². The van der Waals surface area contributed by atoms with E-state index in [1.807, 2.05) is 0 Å². The van der Waals surface area contributed by atoms with E-state index in [0.29, 0.717) is 19.1 Å². The SMILES string of the molecule is CC(NC(=O)CC1COCCN1)C1CC1. The Hall–Kier alpha value is -0.610. The van der Waals surface area contributed by atoms with E-state index in [-0.39, 0.29) is 11.9 Å². The molecule has 0 spiro atoms. The second kappa shape index (κ2) is 4.94. The summed E-state index contributed by atoms with van der Waals surface area (Å²) < 4.78 is 5.31. The van der Waals surface area contributed by atoms with Crippen molar-refractivity contribution in [2.45, 2.75) is 38.3 Å². The summed E-state index contributed by atoms with van der Waals surface area (Å²) in [4.78, 5) is 11.6. The van der Waals surface area contributed by atoms with E-state index >= 15 is 0 Å². The van der Waals surface area contributed by atoms with Gasteiger partial charge in [0.05, 0.1) is 13.2 Å². The molecule has 4 heteroatoms. The fourth-order valence-corrected chi connectivity index (χ4v) is 2.00. The quantitative estimate of drug-likeness (QED) is 0.704. The normalized spacial score (nSPS) is 28.5. The van der Waals surface area contributed by atoms with Crippen molar-refractivity contribution in [3.05, 3.63) is 0 Å². The highest BCUT2D eigenvalue weighted by molar-refractivity contribution is 5.77. The Kier molecular flexibility index (Phi) is 3.59. The average Bonchev–Trinajstić information content (AvgIpc) is 3.01. The second-order valence-corrected chi connectivity index (χ2v) is 4.62. The molecule has 1 amide bonds. The monoisotopic (exact) mass is 212 g/mol. The largest absolute Gasteiger partial charge is 0.378 e. The van der Waals surface area contributed by atoms with Gasteiger partial charge in [0.1, 0.15) is 0 Å². The fourth-order valence-electron chi connectivity index (χ4n) is 2.00.